The maximum atomic E-state index is 2.53. The van der Waals surface area contributed by atoms with Crippen molar-refractivity contribution in [3.8, 4) is 44.5 Å². The highest BCUT2D eigenvalue weighted by atomic mass is 15.2. The molecule has 0 N–H and O–H groups in total. The van der Waals surface area contributed by atoms with Gasteiger partial charge in [0.05, 0.1) is 17.1 Å². The molecule has 1 atom stereocenters. The number of benzene rings is 8. The van der Waals surface area contributed by atoms with Crippen molar-refractivity contribution in [2.45, 2.75) is 12.3 Å². The van der Waals surface area contributed by atoms with Crippen molar-refractivity contribution in [2.24, 2.45) is 0 Å². The summed E-state index contributed by atoms with van der Waals surface area (Å²) < 4.78 is 0. The lowest BCUT2D eigenvalue weighted by atomic mass is 9.89. The molecule has 8 aromatic carbocycles. The second kappa shape index (κ2) is 14.6. The molecule has 0 spiro atoms. The second-order valence-corrected chi connectivity index (χ2v) is 14.5. The average Bonchev–Trinajstić information content (AvgIpc) is 3.61. The number of allylic oxidation sites excluding steroid dienone is 4. The van der Waals surface area contributed by atoms with Crippen LogP contribution in [0, 0.1) is 0 Å². The van der Waals surface area contributed by atoms with Crippen molar-refractivity contribution in [1.29, 1.82) is 0 Å². The standard InChI is InChI=1S/C54H40N2/c1-4-19-39(20-5-1)40-21-18-22-41(37-40)46-28-12-15-32-51(46)56-53-34-17-14-31-49(53)50-36-35-42(38-54(50)56)45-27-10-11-29-47(45)48-30-13-16-33-52(48)55(43-23-6-2-7-24-43)44-25-8-3-9-26-44/h1-30,32-38,49H,31H2. The molecule has 1 aliphatic carbocycles. The first-order valence-electron chi connectivity index (χ1n) is 19.5. The van der Waals surface area contributed by atoms with E-state index in [4.69, 9.17) is 0 Å². The van der Waals surface area contributed by atoms with Crippen LogP contribution in [-0.4, -0.2) is 0 Å². The minimum absolute atomic E-state index is 0.300. The zero-order valence-corrected chi connectivity index (χ0v) is 31.0. The van der Waals surface area contributed by atoms with Crippen LogP contribution in [0.1, 0.15) is 17.9 Å². The molecular formula is C54H40N2. The van der Waals surface area contributed by atoms with Gasteiger partial charge in [0.15, 0.2) is 0 Å². The van der Waals surface area contributed by atoms with Gasteiger partial charge >= 0.3 is 0 Å². The van der Waals surface area contributed by atoms with Crippen molar-refractivity contribution >= 4 is 28.4 Å². The average molecular weight is 717 g/mol. The fourth-order valence-electron chi connectivity index (χ4n) is 8.60. The number of para-hydroxylation sites is 4. The summed E-state index contributed by atoms with van der Waals surface area (Å²) in [6.45, 7) is 0. The Balaban J connectivity index is 1.11. The van der Waals surface area contributed by atoms with Gasteiger partial charge in [-0.05, 0) is 100.0 Å². The summed E-state index contributed by atoms with van der Waals surface area (Å²) in [4.78, 5) is 4.89. The smallest absolute Gasteiger partial charge is 0.0540 e. The highest BCUT2D eigenvalue weighted by Crippen LogP contribution is 2.54. The van der Waals surface area contributed by atoms with E-state index in [-0.39, 0.29) is 0 Å². The molecule has 1 heterocycles. The van der Waals surface area contributed by atoms with E-state index in [9.17, 15) is 0 Å². The van der Waals surface area contributed by atoms with E-state index < -0.39 is 0 Å². The van der Waals surface area contributed by atoms with E-state index in [1.54, 1.807) is 0 Å². The highest BCUT2D eigenvalue weighted by molar-refractivity contribution is 5.96. The highest BCUT2D eigenvalue weighted by Gasteiger charge is 2.36. The summed E-state index contributed by atoms with van der Waals surface area (Å²) in [6.07, 6.45) is 7.83. The van der Waals surface area contributed by atoms with Crippen LogP contribution >= 0.6 is 0 Å². The third-order valence-corrected chi connectivity index (χ3v) is 11.2. The van der Waals surface area contributed by atoms with Crippen LogP contribution in [-0.2, 0) is 0 Å². The summed E-state index contributed by atoms with van der Waals surface area (Å²) in [5, 5.41) is 0. The molecule has 2 heteroatoms. The quantitative estimate of drug-likeness (QED) is 0.154. The van der Waals surface area contributed by atoms with Crippen LogP contribution < -0.4 is 9.80 Å². The van der Waals surface area contributed by atoms with Gasteiger partial charge in [-0.3, -0.25) is 0 Å². The van der Waals surface area contributed by atoms with Crippen LogP contribution in [0.25, 0.3) is 44.5 Å². The van der Waals surface area contributed by atoms with E-state index in [1.165, 1.54) is 67.1 Å². The molecule has 0 saturated heterocycles. The lowest BCUT2D eigenvalue weighted by Crippen LogP contribution is -2.15. The number of anilines is 5. The molecule has 0 saturated carbocycles. The number of rotatable bonds is 8. The summed E-state index contributed by atoms with van der Waals surface area (Å²) in [5.74, 6) is 0.300. The predicted molar refractivity (Wildman–Crippen MR) is 236 cm³/mol. The lowest BCUT2D eigenvalue weighted by molar-refractivity contribution is 0.820. The third kappa shape index (κ3) is 6.02. The van der Waals surface area contributed by atoms with Crippen molar-refractivity contribution < 1.29 is 0 Å². The van der Waals surface area contributed by atoms with E-state index in [0.717, 1.165) is 23.5 Å². The Bertz CT molecular complexity index is 2690. The minimum Gasteiger partial charge on any atom is -0.313 e. The van der Waals surface area contributed by atoms with Gasteiger partial charge in [0.25, 0.3) is 0 Å². The first-order valence-corrected chi connectivity index (χ1v) is 19.5. The van der Waals surface area contributed by atoms with Crippen molar-refractivity contribution in [3.63, 3.8) is 0 Å². The Morgan fingerprint density at radius 1 is 0.411 bits per heavy atom. The Hall–Kier alpha value is -7.16. The number of hydrogen-bond donors (Lipinski definition) is 0. The first kappa shape index (κ1) is 33.4. The van der Waals surface area contributed by atoms with Crippen molar-refractivity contribution in [3.05, 3.63) is 236 Å². The van der Waals surface area contributed by atoms with Gasteiger partial charge in [0.1, 0.15) is 0 Å². The summed E-state index contributed by atoms with van der Waals surface area (Å²) in [7, 11) is 0. The predicted octanol–water partition coefficient (Wildman–Crippen LogP) is 14.9. The fraction of sp³-hybridized carbons (Fsp3) is 0.0370. The van der Waals surface area contributed by atoms with Gasteiger partial charge in [-0.2, -0.15) is 0 Å². The monoisotopic (exact) mass is 716 g/mol. The summed E-state index contributed by atoms with van der Waals surface area (Å²) in [5.41, 5.74) is 18.1. The van der Waals surface area contributed by atoms with E-state index >= 15 is 0 Å². The van der Waals surface area contributed by atoms with Gasteiger partial charge in [-0.1, -0.05) is 170 Å². The van der Waals surface area contributed by atoms with Crippen LogP contribution in [0.3, 0.4) is 0 Å². The Morgan fingerprint density at radius 2 is 0.982 bits per heavy atom. The largest absolute Gasteiger partial charge is 0.313 e. The van der Waals surface area contributed by atoms with Crippen LogP contribution in [0.4, 0.5) is 28.4 Å². The van der Waals surface area contributed by atoms with Crippen molar-refractivity contribution in [2.75, 3.05) is 9.80 Å². The molecule has 10 rings (SSSR count). The van der Waals surface area contributed by atoms with E-state index in [0.29, 0.717) is 5.92 Å². The van der Waals surface area contributed by atoms with Crippen LogP contribution in [0.2, 0.25) is 0 Å². The Labute approximate surface area is 329 Å². The molecule has 56 heavy (non-hydrogen) atoms. The lowest BCUT2D eigenvalue weighted by Gasteiger charge is -2.28. The maximum absolute atomic E-state index is 2.53. The minimum atomic E-state index is 0.300. The maximum Gasteiger partial charge on any atom is 0.0540 e. The van der Waals surface area contributed by atoms with Gasteiger partial charge in [0, 0.05) is 34.1 Å². The number of hydrogen-bond acceptors (Lipinski definition) is 2. The van der Waals surface area contributed by atoms with Crippen molar-refractivity contribution in [1.82, 2.24) is 0 Å². The van der Waals surface area contributed by atoms with Crippen LogP contribution in [0.15, 0.2) is 230 Å². The topological polar surface area (TPSA) is 6.48 Å². The Kier molecular flexibility index (Phi) is 8.70. The zero-order chi connectivity index (χ0) is 37.3. The Morgan fingerprint density at radius 3 is 1.73 bits per heavy atom. The molecule has 2 nitrogen and oxygen atoms in total. The van der Waals surface area contributed by atoms with Crippen LogP contribution in [0.5, 0.6) is 0 Å². The molecule has 1 aliphatic heterocycles. The molecule has 0 bridgehead atoms. The molecule has 8 aromatic rings. The first-order chi connectivity index (χ1) is 27.8. The van der Waals surface area contributed by atoms with Gasteiger partial charge < -0.3 is 9.80 Å². The molecule has 0 fully saturated rings. The fourth-order valence-corrected chi connectivity index (χ4v) is 8.60. The molecule has 0 amide bonds. The van der Waals surface area contributed by atoms with E-state index in [1.807, 2.05) is 0 Å². The van der Waals surface area contributed by atoms with E-state index in [2.05, 4.69) is 234 Å². The molecule has 2 aliphatic rings. The van der Waals surface area contributed by atoms with Gasteiger partial charge in [-0.25, -0.2) is 0 Å². The third-order valence-electron chi connectivity index (χ3n) is 11.2. The molecule has 1 unspecified atom stereocenters. The number of nitrogens with zero attached hydrogens (tertiary/aromatic N) is 2. The molecule has 266 valence electrons. The normalized spacial score (nSPS) is 14.2. The number of fused-ring (bicyclic) bond motifs is 3. The molecule has 0 aromatic heterocycles. The van der Waals surface area contributed by atoms with Gasteiger partial charge in [0.2, 0.25) is 0 Å². The zero-order valence-electron chi connectivity index (χ0n) is 31.0. The molecule has 0 radical (unpaired) electrons. The summed E-state index contributed by atoms with van der Waals surface area (Å²) >= 11 is 0. The van der Waals surface area contributed by atoms with Gasteiger partial charge in [-0.15, -0.1) is 0 Å². The molecular weight excluding hydrogens is 677 g/mol. The SMILES string of the molecule is C1=CCC2C(=C1)N(c1ccccc1-c1cccc(-c3ccccc3)c1)c1cc(-c3ccccc3-c3ccccc3N(c3ccccc3)c3ccccc3)ccc12. The summed E-state index contributed by atoms with van der Waals surface area (Å²) in [6, 6.07) is 74.7. The second-order valence-electron chi connectivity index (χ2n) is 14.5.